The third kappa shape index (κ3) is 2.39. The van der Waals surface area contributed by atoms with Gasteiger partial charge in [0.25, 0.3) is 0 Å². The number of aromatic nitrogens is 5. The molecule has 0 N–H and O–H groups in total. The van der Waals surface area contributed by atoms with Crippen molar-refractivity contribution in [3.63, 3.8) is 0 Å². The van der Waals surface area contributed by atoms with Crippen LogP contribution in [0.4, 0.5) is 5.82 Å². The summed E-state index contributed by atoms with van der Waals surface area (Å²) in [4.78, 5) is 13.9. The first-order valence-corrected chi connectivity index (χ1v) is 8.76. The van der Waals surface area contributed by atoms with Crippen molar-refractivity contribution in [1.29, 1.82) is 0 Å². The Hall–Kier alpha value is -2.02. The van der Waals surface area contributed by atoms with E-state index in [-0.39, 0.29) is 0 Å². The van der Waals surface area contributed by atoms with Crippen molar-refractivity contribution >= 4 is 27.4 Å². The number of piperidine rings is 1. The fraction of sp³-hybridized carbons (Fsp3) is 0.500. The lowest BCUT2D eigenvalue weighted by Crippen LogP contribution is -2.36. The molecule has 0 bridgehead atoms. The smallest absolute Gasteiger partial charge is 0.141 e. The Morgan fingerprint density at radius 3 is 2.91 bits per heavy atom. The Kier molecular flexibility index (Phi) is 3.52. The molecule has 1 aliphatic rings. The van der Waals surface area contributed by atoms with Gasteiger partial charge in [-0.15, -0.1) is 21.5 Å². The Balaban J connectivity index is 1.72. The third-order valence-electron chi connectivity index (χ3n) is 4.78. The van der Waals surface area contributed by atoms with Gasteiger partial charge in [-0.05, 0) is 32.3 Å². The van der Waals surface area contributed by atoms with Crippen LogP contribution in [0.3, 0.4) is 0 Å². The predicted octanol–water partition coefficient (Wildman–Crippen LogP) is 2.82. The van der Waals surface area contributed by atoms with Crippen molar-refractivity contribution < 1.29 is 0 Å². The van der Waals surface area contributed by atoms with Gasteiger partial charge in [0.1, 0.15) is 29.1 Å². The van der Waals surface area contributed by atoms with Gasteiger partial charge in [0.05, 0.1) is 5.39 Å². The van der Waals surface area contributed by atoms with Gasteiger partial charge in [-0.2, -0.15) is 0 Å². The van der Waals surface area contributed by atoms with Gasteiger partial charge in [0.15, 0.2) is 0 Å². The molecule has 7 heteroatoms. The molecule has 4 rings (SSSR count). The summed E-state index contributed by atoms with van der Waals surface area (Å²) in [6.45, 7) is 6.30. The van der Waals surface area contributed by atoms with Crippen LogP contribution < -0.4 is 4.90 Å². The van der Waals surface area contributed by atoms with Crippen LogP contribution in [0.25, 0.3) is 10.2 Å². The van der Waals surface area contributed by atoms with Gasteiger partial charge in [-0.3, -0.25) is 0 Å². The maximum absolute atomic E-state index is 4.62. The second-order valence-corrected chi connectivity index (χ2v) is 7.45. The first kappa shape index (κ1) is 14.6. The van der Waals surface area contributed by atoms with Crippen LogP contribution >= 0.6 is 11.3 Å². The SMILES string of the molecule is Cc1sc2ncnc(N3CCCC(c4nncn4C)C3)c2c1C. The van der Waals surface area contributed by atoms with E-state index >= 15 is 0 Å². The van der Waals surface area contributed by atoms with E-state index in [1.807, 2.05) is 11.6 Å². The molecule has 1 fully saturated rings. The molecule has 1 saturated heterocycles. The van der Waals surface area contributed by atoms with E-state index in [1.54, 1.807) is 24.0 Å². The molecule has 6 nitrogen and oxygen atoms in total. The molecule has 23 heavy (non-hydrogen) atoms. The molecule has 120 valence electrons. The van der Waals surface area contributed by atoms with Crippen LogP contribution in [-0.2, 0) is 7.05 Å². The molecule has 0 amide bonds. The molecule has 4 heterocycles. The van der Waals surface area contributed by atoms with Crippen molar-refractivity contribution in [1.82, 2.24) is 24.7 Å². The molecule has 0 aliphatic carbocycles. The van der Waals surface area contributed by atoms with Gasteiger partial charge in [-0.1, -0.05) is 0 Å². The summed E-state index contributed by atoms with van der Waals surface area (Å²) in [5.74, 6) is 2.54. The van der Waals surface area contributed by atoms with Gasteiger partial charge in [-0.25, -0.2) is 9.97 Å². The number of aryl methyl sites for hydroxylation is 3. The van der Waals surface area contributed by atoms with E-state index in [0.717, 1.165) is 42.4 Å². The first-order valence-electron chi connectivity index (χ1n) is 7.94. The zero-order chi connectivity index (χ0) is 16.0. The second kappa shape index (κ2) is 5.56. The maximum atomic E-state index is 4.62. The Morgan fingerprint density at radius 1 is 1.26 bits per heavy atom. The second-order valence-electron chi connectivity index (χ2n) is 6.25. The minimum atomic E-state index is 0.404. The largest absolute Gasteiger partial charge is 0.355 e. The Labute approximate surface area is 139 Å². The van der Waals surface area contributed by atoms with E-state index in [2.05, 4.69) is 38.9 Å². The zero-order valence-corrected chi connectivity index (χ0v) is 14.5. The highest BCUT2D eigenvalue weighted by atomic mass is 32.1. The van der Waals surface area contributed by atoms with Crippen LogP contribution in [-0.4, -0.2) is 37.8 Å². The topological polar surface area (TPSA) is 59.7 Å². The van der Waals surface area contributed by atoms with E-state index < -0.39 is 0 Å². The molecule has 0 spiro atoms. The van der Waals surface area contributed by atoms with Gasteiger partial charge < -0.3 is 9.47 Å². The number of anilines is 1. The molecule has 1 atom stereocenters. The highest BCUT2D eigenvalue weighted by Crippen LogP contribution is 2.36. The summed E-state index contributed by atoms with van der Waals surface area (Å²) < 4.78 is 2.03. The fourth-order valence-corrected chi connectivity index (χ4v) is 4.44. The minimum absolute atomic E-state index is 0.404. The molecule has 0 saturated carbocycles. The summed E-state index contributed by atoms with van der Waals surface area (Å²) in [5.41, 5.74) is 1.31. The summed E-state index contributed by atoms with van der Waals surface area (Å²) in [6, 6.07) is 0. The number of thiophene rings is 1. The van der Waals surface area contributed by atoms with Crippen LogP contribution in [0.15, 0.2) is 12.7 Å². The van der Waals surface area contributed by atoms with Gasteiger partial charge in [0, 0.05) is 30.9 Å². The average molecular weight is 328 g/mol. The standard InChI is InChI=1S/C16H20N6S/c1-10-11(2)23-16-13(10)15(17-8-18-16)22-6-4-5-12(7-22)14-20-19-9-21(14)3/h8-9,12H,4-7H2,1-3H3. The molecular weight excluding hydrogens is 308 g/mol. The first-order chi connectivity index (χ1) is 11.1. The zero-order valence-electron chi connectivity index (χ0n) is 13.7. The predicted molar refractivity (Wildman–Crippen MR) is 92.1 cm³/mol. The number of hydrogen-bond acceptors (Lipinski definition) is 6. The lowest BCUT2D eigenvalue weighted by atomic mass is 9.97. The third-order valence-corrected chi connectivity index (χ3v) is 5.89. The Bertz CT molecular complexity index is 851. The lowest BCUT2D eigenvalue weighted by molar-refractivity contribution is 0.478. The van der Waals surface area contributed by atoms with Crippen LogP contribution in [0.2, 0.25) is 0 Å². The molecular formula is C16H20N6S. The monoisotopic (exact) mass is 328 g/mol. The number of rotatable bonds is 2. The summed E-state index contributed by atoms with van der Waals surface area (Å²) in [7, 11) is 2.02. The van der Waals surface area contributed by atoms with Crippen LogP contribution in [0.5, 0.6) is 0 Å². The van der Waals surface area contributed by atoms with Crippen molar-refractivity contribution in [2.75, 3.05) is 18.0 Å². The lowest BCUT2D eigenvalue weighted by Gasteiger charge is -2.33. The van der Waals surface area contributed by atoms with E-state index in [1.165, 1.54) is 15.8 Å². The van der Waals surface area contributed by atoms with Crippen molar-refractivity contribution in [3.05, 3.63) is 28.9 Å². The normalized spacial score (nSPS) is 18.7. The minimum Gasteiger partial charge on any atom is -0.355 e. The quantitative estimate of drug-likeness (QED) is 0.724. The van der Waals surface area contributed by atoms with E-state index in [0.29, 0.717) is 5.92 Å². The number of nitrogens with zero attached hydrogens (tertiary/aromatic N) is 6. The van der Waals surface area contributed by atoms with E-state index in [9.17, 15) is 0 Å². The van der Waals surface area contributed by atoms with Gasteiger partial charge in [0.2, 0.25) is 0 Å². The molecule has 1 unspecified atom stereocenters. The molecule has 1 aliphatic heterocycles. The fourth-order valence-electron chi connectivity index (χ4n) is 3.45. The maximum Gasteiger partial charge on any atom is 0.141 e. The average Bonchev–Trinajstić information content (AvgIpc) is 3.11. The van der Waals surface area contributed by atoms with Crippen LogP contribution in [0, 0.1) is 13.8 Å². The Morgan fingerprint density at radius 2 is 2.13 bits per heavy atom. The molecule has 0 aromatic carbocycles. The van der Waals surface area contributed by atoms with Gasteiger partial charge >= 0.3 is 0 Å². The molecule has 3 aromatic heterocycles. The van der Waals surface area contributed by atoms with Crippen molar-refractivity contribution in [2.45, 2.75) is 32.6 Å². The molecule has 3 aromatic rings. The number of fused-ring (bicyclic) bond motifs is 1. The molecule has 0 radical (unpaired) electrons. The summed E-state index contributed by atoms with van der Waals surface area (Å²) in [5, 5.41) is 9.56. The summed E-state index contributed by atoms with van der Waals surface area (Å²) in [6.07, 6.45) is 5.77. The summed E-state index contributed by atoms with van der Waals surface area (Å²) >= 11 is 1.75. The van der Waals surface area contributed by atoms with Crippen molar-refractivity contribution in [2.24, 2.45) is 7.05 Å². The number of hydrogen-bond donors (Lipinski definition) is 0. The van der Waals surface area contributed by atoms with E-state index in [4.69, 9.17) is 0 Å². The highest BCUT2D eigenvalue weighted by Gasteiger charge is 2.27. The van der Waals surface area contributed by atoms with Crippen LogP contribution in [0.1, 0.15) is 35.0 Å². The van der Waals surface area contributed by atoms with Crippen molar-refractivity contribution in [3.8, 4) is 0 Å². The highest BCUT2D eigenvalue weighted by molar-refractivity contribution is 7.18.